The SMILES string of the molecule is Cc1ccc(CN2CCCn3nc(C(=O)N(C)CC(=O)NCc4ccccc4)cc3C2=O)cc1. The lowest BCUT2D eigenvalue weighted by Crippen LogP contribution is -2.38. The first-order valence-corrected chi connectivity index (χ1v) is 11.4. The van der Waals surface area contributed by atoms with Crippen LogP contribution >= 0.6 is 0 Å². The van der Waals surface area contributed by atoms with Crippen molar-refractivity contribution in [1.82, 2.24) is 24.9 Å². The molecule has 1 aliphatic rings. The molecule has 0 aliphatic carbocycles. The van der Waals surface area contributed by atoms with E-state index in [1.807, 2.05) is 61.5 Å². The van der Waals surface area contributed by atoms with Gasteiger partial charge in [-0.05, 0) is 24.5 Å². The topological polar surface area (TPSA) is 87.5 Å². The Bertz CT molecular complexity index is 1170. The van der Waals surface area contributed by atoms with Gasteiger partial charge in [-0.15, -0.1) is 0 Å². The summed E-state index contributed by atoms with van der Waals surface area (Å²) in [4.78, 5) is 41.5. The summed E-state index contributed by atoms with van der Waals surface area (Å²) in [6, 6.07) is 19.2. The third kappa shape index (κ3) is 5.51. The number of nitrogens with zero attached hydrogens (tertiary/aromatic N) is 4. The molecule has 2 heterocycles. The number of likely N-dealkylation sites (N-methyl/N-ethyl adjacent to an activating group) is 1. The molecule has 34 heavy (non-hydrogen) atoms. The van der Waals surface area contributed by atoms with Crippen molar-refractivity contribution in [3.8, 4) is 0 Å². The Labute approximate surface area is 199 Å². The highest BCUT2D eigenvalue weighted by atomic mass is 16.2. The molecule has 8 heteroatoms. The van der Waals surface area contributed by atoms with Gasteiger partial charge in [-0.25, -0.2) is 0 Å². The number of amides is 3. The Kier molecular flexibility index (Phi) is 7.06. The molecule has 0 bridgehead atoms. The third-order valence-corrected chi connectivity index (χ3v) is 5.86. The van der Waals surface area contributed by atoms with Gasteiger partial charge in [0.2, 0.25) is 5.91 Å². The number of rotatable bonds is 7. The Hall–Kier alpha value is -3.94. The van der Waals surface area contributed by atoms with E-state index >= 15 is 0 Å². The fraction of sp³-hybridized carbons (Fsp3) is 0.308. The van der Waals surface area contributed by atoms with Crippen LogP contribution in [0.2, 0.25) is 0 Å². The van der Waals surface area contributed by atoms with E-state index in [4.69, 9.17) is 0 Å². The number of hydrogen-bond donors (Lipinski definition) is 1. The Morgan fingerprint density at radius 1 is 1.03 bits per heavy atom. The van der Waals surface area contributed by atoms with Gasteiger partial charge in [-0.3, -0.25) is 19.1 Å². The summed E-state index contributed by atoms with van der Waals surface area (Å²) in [7, 11) is 1.56. The van der Waals surface area contributed by atoms with Gasteiger partial charge in [0.1, 0.15) is 5.69 Å². The first-order valence-electron chi connectivity index (χ1n) is 11.4. The summed E-state index contributed by atoms with van der Waals surface area (Å²) in [5.41, 5.74) is 3.78. The van der Waals surface area contributed by atoms with Crippen molar-refractivity contribution in [3.05, 3.63) is 88.7 Å². The number of aryl methyl sites for hydroxylation is 2. The number of carbonyl (C=O) groups is 3. The second kappa shape index (κ2) is 10.3. The van der Waals surface area contributed by atoms with Gasteiger partial charge in [-0.1, -0.05) is 60.2 Å². The van der Waals surface area contributed by atoms with E-state index in [0.717, 1.165) is 17.5 Å². The number of aromatic nitrogens is 2. The number of hydrogen-bond acceptors (Lipinski definition) is 4. The summed E-state index contributed by atoms with van der Waals surface area (Å²) in [6.45, 7) is 4.02. The normalized spacial score (nSPS) is 13.2. The van der Waals surface area contributed by atoms with Gasteiger partial charge >= 0.3 is 0 Å². The molecule has 3 aromatic rings. The molecule has 3 amide bonds. The summed E-state index contributed by atoms with van der Waals surface area (Å²) in [6.07, 6.45) is 0.748. The van der Waals surface area contributed by atoms with Gasteiger partial charge < -0.3 is 15.1 Å². The molecule has 0 fully saturated rings. The number of carbonyl (C=O) groups excluding carboxylic acids is 3. The van der Waals surface area contributed by atoms with Crippen molar-refractivity contribution in [3.63, 3.8) is 0 Å². The first-order chi connectivity index (χ1) is 16.4. The Morgan fingerprint density at radius 3 is 2.50 bits per heavy atom. The van der Waals surface area contributed by atoms with E-state index in [0.29, 0.717) is 31.9 Å². The molecule has 176 valence electrons. The summed E-state index contributed by atoms with van der Waals surface area (Å²) >= 11 is 0. The molecule has 0 saturated heterocycles. The quantitative estimate of drug-likeness (QED) is 0.588. The zero-order valence-electron chi connectivity index (χ0n) is 19.5. The summed E-state index contributed by atoms with van der Waals surface area (Å²) < 4.78 is 1.61. The predicted octanol–water partition coefficient (Wildman–Crippen LogP) is 2.63. The molecule has 1 aliphatic heterocycles. The predicted molar refractivity (Wildman–Crippen MR) is 128 cm³/mol. The molecule has 8 nitrogen and oxygen atoms in total. The molecular weight excluding hydrogens is 430 g/mol. The molecule has 0 saturated carbocycles. The fourth-order valence-corrected chi connectivity index (χ4v) is 3.94. The van der Waals surface area contributed by atoms with Crippen LogP contribution in [0.15, 0.2) is 60.7 Å². The van der Waals surface area contributed by atoms with Crippen LogP contribution in [0, 0.1) is 6.92 Å². The van der Waals surface area contributed by atoms with Crippen LogP contribution in [-0.2, 0) is 24.4 Å². The average Bonchev–Trinajstić information content (AvgIpc) is 3.21. The molecule has 1 aromatic heterocycles. The molecule has 0 spiro atoms. The second-order valence-corrected chi connectivity index (χ2v) is 8.63. The van der Waals surface area contributed by atoms with E-state index in [1.54, 1.807) is 16.6 Å². The maximum atomic E-state index is 13.2. The van der Waals surface area contributed by atoms with E-state index < -0.39 is 5.91 Å². The zero-order chi connectivity index (χ0) is 24.1. The number of benzene rings is 2. The standard InChI is InChI=1S/C26H29N5O3/c1-19-9-11-21(12-10-19)17-30-13-6-14-31-23(26(30)34)15-22(28-31)25(33)29(2)18-24(32)27-16-20-7-4-3-5-8-20/h3-5,7-12,15H,6,13-14,16-18H2,1-2H3,(H,27,32). The van der Waals surface area contributed by atoms with Gasteiger partial charge in [0.25, 0.3) is 11.8 Å². The zero-order valence-corrected chi connectivity index (χ0v) is 19.5. The van der Waals surface area contributed by atoms with Crippen LogP contribution in [0.1, 0.15) is 44.1 Å². The van der Waals surface area contributed by atoms with Crippen molar-refractivity contribution in [2.45, 2.75) is 33.0 Å². The molecule has 2 aromatic carbocycles. The van der Waals surface area contributed by atoms with E-state index in [2.05, 4.69) is 10.4 Å². The largest absolute Gasteiger partial charge is 0.350 e. The van der Waals surface area contributed by atoms with E-state index in [1.165, 1.54) is 16.5 Å². The highest BCUT2D eigenvalue weighted by Gasteiger charge is 2.27. The molecule has 1 N–H and O–H groups in total. The van der Waals surface area contributed by atoms with Crippen molar-refractivity contribution in [2.24, 2.45) is 0 Å². The van der Waals surface area contributed by atoms with Gasteiger partial charge in [0, 0.05) is 39.3 Å². The molecule has 0 radical (unpaired) electrons. The summed E-state index contributed by atoms with van der Waals surface area (Å²) in [5.74, 6) is -0.804. The maximum absolute atomic E-state index is 13.2. The molecule has 0 unspecified atom stereocenters. The maximum Gasteiger partial charge on any atom is 0.274 e. The van der Waals surface area contributed by atoms with Crippen molar-refractivity contribution in [2.75, 3.05) is 20.1 Å². The smallest absolute Gasteiger partial charge is 0.274 e. The molecule has 4 rings (SSSR count). The van der Waals surface area contributed by atoms with Crippen molar-refractivity contribution >= 4 is 17.7 Å². The lowest BCUT2D eigenvalue weighted by molar-refractivity contribution is -0.121. The lowest BCUT2D eigenvalue weighted by atomic mass is 10.1. The Balaban J connectivity index is 1.39. The molecule has 0 atom stereocenters. The van der Waals surface area contributed by atoms with Crippen molar-refractivity contribution < 1.29 is 14.4 Å². The molecular formula is C26H29N5O3. The van der Waals surface area contributed by atoms with Crippen molar-refractivity contribution in [1.29, 1.82) is 0 Å². The van der Waals surface area contributed by atoms with Crippen LogP contribution in [0.4, 0.5) is 0 Å². The lowest BCUT2D eigenvalue weighted by Gasteiger charge is -2.20. The van der Waals surface area contributed by atoms with Crippen LogP contribution in [0.5, 0.6) is 0 Å². The van der Waals surface area contributed by atoms with E-state index in [9.17, 15) is 14.4 Å². The van der Waals surface area contributed by atoms with Crippen LogP contribution in [-0.4, -0.2) is 57.4 Å². The highest BCUT2D eigenvalue weighted by molar-refractivity contribution is 5.99. The van der Waals surface area contributed by atoms with Gasteiger partial charge in [0.15, 0.2) is 5.69 Å². The average molecular weight is 460 g/mol. The Morgan fingerprint density at radius 2 is 1.76 bits per heavy atom. The highest BCUT2D eigenvalue weighted by Crippen LogP contribution is 2.17. The monoisotopic (exact) mass is 459 g/mol. The second-order valence-electron chi connectivity index (χ2n) is 8.63. The summed E-state index contributed by atoms with van der Waals surface area (Å²) in [5, 5.41) is 7.20. The van der Waals surface area contributed by atoms with E-state index in [-0.39, 0.29) is 24.1 Å². The fourth-order valence-electron chi connectivity index (χ4n) is 3.94. The minimum absolute atomic E-state index is 0.0959. The number of fused-ring (bicyclic) bond motifs is 1. The van der Waals surface area contributed by atoms with Crippen LogP contribution in [0.25, 0.3) is 0 Å². The van der Waals surface area contributed by atoms with Gasteiger partial charge in [0.05, 0.1) is 6.54 Å². The first kappa shape index (κ1) is 23.2. The van der Waals surface area contributed by atoms with Gasteiger partial charge in [-0.2, -0.15) is 5.10 Å². The number of nitrogens with one attached hydrogen (secondary N) is 1. The minimum Gasteiger partial charge on any atom is -0.350 e. The minimum atomic E-state index is -0.395. The third-order valence-electron chi connectivity index (χ3n) is 5.86. The van der Waals surface area contributed by atoms with Crippen LogP contribution in [0.3, 0.4) is 0 Å². The van der Waals surface area contributed by atoms with Crippen LogP contribution < -0.4 is 5.32 Å².